The molecule has 0 saturated carbocycles. The second-order valence-electron chi connectivity index (χ2n) is 7.70. The van der Waals surface area contributed by atoms with Crippen LogP contribution in [0, 0.1) is 0 Å². The van der Waals surface area contributed by atoms with E-state index >= 15 is 0 Å². The van der Waals surface area contributed by atoms with Crippen LogP contribution in [-0.4, -0.2) is 81.4 Å². The van der Waals surface area contributed by atoms with Crippen molar-refractivity contribution in [2.45, 2.75) is 17.9 Å². The highest BCUT2D eigenvalue weighted by Crippen LogP contribution is 2.33. The van der Waals surface area contributed by atoms with Crippen molar-refractivity contribution in [1.82, 2.24) is 14.1 Å². The number of benzene rings is 1. The highest BCUT2D eigenvalue weighted by Gasteiger charge is 2.31. The van der Waals surface area contributed by atoms with Crippen LogP contribution in [-0.2, 0) is 21.4 Å². The number of thiophene rings is 1. The van der Waals surface area contributed by atoms with E-state index in [0.717, 1.165) is 13.0 Å². The van der Waals surface area contributed by atoms with Gasteiger partial charge in [-0.25, -0.2) is 8.42 Å². The summed E-state index contributed by atoms with van der Waals surface area (Å²) in [6.45, 7) is 3.41. The Labute approximate surface area is 187 Å². The lowest BCUT2D eigenvalue weighted by Crippen LogP contribution is -2.52. The van der Waals surface area contributed by atoms with Gasteiger partial charge < -0.3 is 14.4 Å². The van der Waals surface area contributed by atoms with Gasteiger partial charge in [-0.1, -0.05) is 6.07 Å². The van der Waals surface area contributed by atoms with Crippen molar-refractivity contribution >= 4 is 27.3 Å². The van der Waals surface area contributed by atoms with Crippen LogP contribution in [0.5, 0.6) is 11.5 Å². The van der Waals surface area contributed by atoms with Crippen molar-refractivity contribution in [2.75, 3.05) is 53.0 Å². The largest absolute Gasteiger partial charge is 0.490 e. The van der Waals surface area contributed by atoms with Gasteiger partial charge in [-0.3, -0.25) is 9.69 Å². The maximum Gasteiger partial charge on any atom is 0.243 e. The Morgan fingerprint density at radius 1 is 1.10 bits per heavy atom. The molecule has 1 aromatic carbocycles. The van der Waals surface area contributed by atoms with Gasteiger partial charge in [0.25, 0.3) is 0 Å². The molecule has 0 unspecified atom stereocenters. The quantitative estimate of drug-likeness (QED) is 0.648. The number of nitrogens with zero attached hydrogens (tertiary/aromatic N) is 3. The highest BCUT2D eigenvalue weighted by molar-refractivity contribution is 7.89. The molecule has 31 heavy (non-hydrogen) atoms. The second-order valence-corrected chi connectivity index (χ2v) is 10.7. The SMILES string of the molecule is CN(CC(=O)N1CCN(S(=O)(=O)c2ccc3c(c2)OCCCO3)CC1)Cc1cccs1. The average molecular weight is 466 g/mol. The molecule has 0 bridgehead atoms. The Balaban J connectivity index is 1.34. The number of carbonyl (C=O) groups excluding carboxylic acids is 1. The molecule has 8 nitrogen and oxygen atoms in total. The number of ether oxygens (including phenoxy) is 2. The Morgan fingerprint density at radius 3 is 2.55 bits per heavy atom. The number of rotatable bonds is 6. The Bertz CT molecular complexity index is 1000. The minimum absolute atomic E-state index is 0.0201. The predicted molar refractivity (Wildman–Crippen MR) is 118 cm³/mol. The normalized spacial score (nSPS) is 17.5. The fourth-order valence-corrected chi connectivity index (χ4v) is 5.91. The molecular weight excluding hydrogens is 438 g/mol. The molecule has 1 aromatic heterocycles. The molecule has 0 aliphatic carbocycles. The van der Waals surface area contributed by atoms with E-state index < -0.39 is 10.0 Å². The van der Waals surface area contributed by atoms with Crippen molar-refractivity contribution in [1.29, 1.82) is 0 Å². The van der Waals surface area contributed by atoms with Crippen molar-refractivity contribution in [3.8, 4) is 11.5 Å². The minimum atomic E-state index is -3.66. The molecule has 3 heterocycles. The molecule has 2 aromatic rings. The van der Waals surface area contributed by atoms with E-state index in [2.05, 4.69) is 6.07 Å². The molecule has 168 valence electrons. The highest BCUT2D eigenvalue weighted by atomic mass is 32.2. The van der Waals surface area contributed by atoms with Crippen molar-refractivity contribution in [3.63, 3.8) is 0 Å². The van der Waals surface area contributed by atoms with Crippen LogP contribution in [0.2, 0.25) is 0 Å². The number of amides is 1. The van der Waals surface area contributed by atoms with Crippen molar-refractivity contribution in [3.05, 3.63) is 40.6 Å². The molecule has 2 aliphatic heterocycles. The number of fused-ring (bicyclic) bond motifs is 1. The fourth-order valence-electron chi connectivity index (χ4n) is 3.69. The topological polar surface area (TPSA) is 79.4 Å². The molecule has 0 spiro atoms. The van der Waals surface area contributed by atoms with Crippen LogP contribution in [0.1, 0.15) is 11.3 Å². The monoisotopic (exact) mass is 465 g/mol. The molecule has 0 N–H and O–H groups in total. The van der Waals surface area contributed by atoms with Gasteiger partial charge in [0.2, 0.25) is 15.9 Å². The fraction of sp³-hybridized carbons (Fsp3) is 0.476. The maximum atomic E-state index is 13.1. The van der Waals surface area contributed by atoms with Crippen LogP contribution in [0.15, 0.2) is 40.6 Å². The van der Waals surface area contributed by atoms with Crippen LogP contribution < -0.4 is 9.47 Å². The van der Waals surface area contributed by atoms with E-state index in [9.17, 15) is 13.2 Å². The first-order valence-electron chi connectivity index (χ1n) is 10.3. The molecule has 10 heteroatoms. The van der Waals surface area contributed by atoms with Gasteiger partial charge in [0, 0.05) is 50.1 Å². The zero-order chi connectivity index (χ0) is 21.8. The number of sulfonamides is 1. The number of piperazine rings is 1. The maximum absolute atomic E-state index is 13.1. The summed E-state index contributed by atoms with van der Waals surface area (Å²) in [4.78, 5) is 17.8. The van der Waals surface area contributed by atoms with Crippen molar-refractivity contribution in [2.24, 2.45) is 0 Å². The molecule has 2 aliphatic rings. The standard InChI is InChI=1S/C21H27N3O5S2/c1-22(15-17-4-2-13-30-17)16-21(25)23-7-9-24(10-8-23)31(26,27)18-5-6-19-20(14-18)29-12-3-11-28-19/h2,4-6,13-14H,3,7-12,15-16H2,1H3. The van der Waals surface area contributed by atoms with Crippen molar-refractivity contribution < 1.29 is 22.7 Å². The summed E-state index contributed by atoms with van der Waals surface area (Å²) in [5, 5.41) is 2.02. The van der Waals surface area contributed by atoms with Crippen LogP contribution >= 0.6 is 11.3 Å². The molecule has 1 amide bonds. The predicted octanol–water partition coefficient (Wildman–Crippen LogP) is 1.87. The molecule has 1 saturated heterocycles. The van der Waals surface area contributed by atoms with Gasteiger partial charge >= 0.3 is 0 Å². The molecule has 0 radical (unpaired) electrons. The third-order valence-corrected chi connectivity index (χ3v) is 8.11. The van der Waals surface area contributed by atoms with Gasteiger partial charge in [0.05, 0.1) is 24.7 Å². The van der Waals surface area contributed by atoms with E-state index in [4.69, 9.17) is 9.47 Å². The lowest BCUT2D eigenvalue weighted by molar-refractivity contribution is -0.133. The summed E-state index contributed by atoms with van der Waals surface area (Å²) in [6.07, 6.45) is 0.759. The molecule has 1 fully saturated rings. The van der Waals surface area contributed by atoms with Gasteiger partial charge in [-0.15, -0.1) is 11.3 Å². The van der Waals surface area contributed by atoms with Crippen LogP contribution in [0.25, 0.3) is 0 Å². The zero-order valence-electron chi connectivity index (χ0n) is 17.5. The summed E-state index contributed by atoms with van der Waals surface area (Å²) in [6, 6.07) is 8.79. The lowest BCUT2D eigenvalue weighted by Gasteiger charge is -2.34. The third-order valence-electron chi connectivity index (χ3n) is 5.36. The molecular formula is C21H27N3O5S2. The number of likely N-dealkylation sites (N-methyl/N-ethyl adjacent to an activating group) is 1. The number of hydrogen-bond donors (Lipinski definition) is 0. The summed E-state index contributed by atoms with van der Waals surface area (Å²) in [5.41, 5.74) is 0. The van der Waals surface area contributed by atoms with E-state index in [-0.39, 0.29) is 23.9 Å². The van der Waals surface area contributed by atoms with E-state index in [1.807, 2.05) is 23.4 Å². The smallest absolute Gasteiger partial charge is 0.243 e. The number of hydrogen-bond acceptors (Lipinski definition) is 7. The molecule has 0 atom stereocenters. The summed E-state index contributed by atoms with van der Waals surface area (Å²) in [5.74, 6) is 1.05. The number of carbonyl (C=O) groups is 1. The van der Waals surface area contributed by atoms with Gasteiger partial charge in [0.1, 0.15) is 0 Å². The summed E-state index contributed by atoms with van der Waals surface area (Å²) < 4.78 is 38.9. The van der Waals surface area contributed by atoms with Gasteiger partial charge in [-0.2, -0.15) is 4.31 Å². The minimum Gasteiger partial charge on any atom is -0.490 e. The zero-order valence-corrected chi connectivity index (χ0v) is 19.2. The summed E-state index contributed by atoms with van der Waals surface area (Å²) in [7, 11) is -1.74. The van der Waals surface area contributed by atoms with E-state index in [1.165, 1.54) is 15.2 Å². The second kappa shape index (κ2) is 9.56. The van der Waals surface area contributed by atoms with Gasteiger partial charge in [0.15, 0.2) is 11.5 Å². The Morgan fingerprint density at radius 2 is 1.84 bits per heavy atom. The Kier molecular flexibility index (Phi) is 6.80. The lowest BCUT2D eigenvalue weighted by atomic mass is 10.3. The summed E-state index contributed by atoms with van der Waals surface area (Å²) >= 11 is 1.67. The third kappa shape index (κ3) is 5.20. The molecule has 4 rings (SSSR count). The first-order chi connectivity index (χ1) is 14.9. The Hall–Kier alpha value is -2.14. The van der Waals surface area contributed by atoms with Crippen LogP contribution in [0.3, 0.4) is 0 Å². The van der Waals surface area contributed by atoms with Gasteiger partial charge in [-0.05, 0) is 30.6 Å². The van der Waals surface area contributed by atoms with E-state index in [1.54, 1.807) is 28.4 Å². The van der Waals surface area contributed by atoms with E-state index in [0.29, 0.717) is 44.3 Å². The van der Waals surface area contributed by atoms with Crippen LogP contribution in [0.4, 0.5) is 0 Å². The first kappa shape index (κ1) is 22.1. The average Bonchev–Trinajstić information content (AvgIpc) is 3.15. The first-order valence-corrected chi connectivity index (χ1v) is 12.6.